The Labute approximate surface area is 216 Å². The number of aromatic nitrogens is 2. The van der Waals surface area contributed by atoms with Crippen molar-refractivity contribution in [3.05, 3.63) is 115 Å². The average molecular weight is 514 g/mol. The van der Waals surface area contributed by atoms with E-state index >= 15 is 0 Å². The average Bonchev–Trinajstić information content (AvgIpc) is 3.38. The van der Waals surface area contributed by atoms with E-state index in [0.29, 0.717) is 0 Å². The lowest BCUT2D eigenvalue weighted by Gasteiger charge is -2.23. The van der Waals surface area contributed by atoms with E-state index < -0.39 is 10.0 Å². The maximum absolute atomic E-state index is 13.9. The predicted molar refractivity (Wildman–Crippen MR) is 143 cm³/mol. The summed E-state index contributed by atoms with van der Waals surface area (Å²) in [6.07, 6.45) is 3.67. The number of sulfonamides is 1. The van der Waals surface area contributed by atoms with E-state index in [4.69, 9.17) is 9.47 Å². The summed E-state index contributed by atoms with van der Waals surface area (Å²) in [5.74, 6) is 1.44. The van der Waals surface area contributed by atoms with E-state index in [2.05, 4.69) is 5.10 Å². The normalized spacial score (nSPS) is 11.6. The number of benzene rings is 3. The number of nitrogens with zero attached hydrogens (tertiary/aromatic N) is 3. The third-order valence-corrected chi connectivity index (χ3v) is 8.07. The highest BCUT2D eigenvalue weighted by atomic mass is 32.2. The predicted octanol–water partition coefficient (Wildman–Crippen LogP) is 5.41. The first kappa shape index (κ1) is 24.5. The summed E-state index contributed by atoms with van der Waals surface area (Å²) in [7, 11) is -0.600. The zero-order valence-corrected chi connectivity index (χ0v) is 21.4. The fraction of sp³-hybridized carbons (Fsp3) is 0.138. The number of hydrogen-bond acceptors (Lipinski definition) is 5. The molecule has 0 atom stereocenters. The van der Waals surface area contributed by atoms with Crippen LogP contribution in [0.15, 0.2) is 108 Å². The third kappa shape index (κ3) is 5.21. The van der Waals surface area contributed by atoms with Gasteiger partial charge in [0.05, 0.1) is 30.8 Å². The fourth-order valence-corrected chi connectivity index (χ4v) is 5.62. The van der Waals surface area contributed by atoms with Crippen LogP contribution in [-0.4, -0.2) is 36.6 Å². The summed E-state index contributed by atoms with van der Waals surface area (Å²) in [4.78, 5) is 0.231. The lowest BCUT2D eigenvalue weighted by molar-refractivity contribution is 0.397. The van der Waals surface area contributed by atoms with Gasteiger partial charge in [0.2, 0.25) is 10.0 Å². The van der Waals surface area contributed by atoms with Crippen molar-refractivity contribution >= 4 is 15.5 Å². The Hall–Kier alpha value is -4.14. The quantitative estimate of drug-likeness (QED) is 0.264. The van der Waals surface area contributed by atoms with Gasteiger partial charge in [0.1, 0.15) is 11.5 Å². The van der Waals surface area contributed by atoms with Gasteiger partial charge in [0.15, 0.2) is 0 Å². The first-order chi connectivity index (χ1) is 18.0. The summed E-state index contributed by atoms with van der Waals surface area (Å²) < 4.78 is 41.5. The Morgan fingerprint density at radius 3 is 1.86 bits per heavy atom. The smallest absolute Gasteiger partial charge is 0.243 e. The van der Waals surface area contributed by atoms with Crippen molar-refractivity contribution in [3.63, 3.8) is 0 Å². The minimum atomic E-state index is -3.81. The van der Waals surface area contributed by atoms with Crippen molar-refractivity contribution < 1.29 is 17.9 Å². The van der Waals surface area contributed by atoms with Gasteiger partial charge >= 0.3 is 0 Å². The van der Waals surface area contributed by atoms with Crippen molar-refractivity contribution in [1.29, 1.82) is 0 Å². The summed E-state index contributed by atoms with van der Waals surface area (Å²) >= 11 is 0. The lowest BCUT2D eigenvalue weighted by atomic mass is 10.1. The third-order valence-electron chi connectivity index (χ3n) is 6.27. The molecule has 0 fully saturated rings. The van der Waals surface area contributed by atoms with E-state index in [0.717, 1.165) is 39.3 Å². The first-order valence-electron chi connectivity index (χ1n) is 11.8. The van der Waals surface area contributed by atoms with Crippen LogP contribution in [0.2, 0.25) is 0 Å². The molecule has 0 saturated heterocycles. The second-order valence-electron chi connectivity index (χ2n) is 8.58. The molecule has 0 amide bonds. The molecule has 8 heteroatoms. The molecule has 0 spiro atoms. The summed E-state index contributed by atoms with van der Waals surface area (Å²) in [6.45, 7) is 0.433. The van der Waals surface area contributed by atoms with E-state index in [1.54, 1.807) is 37.1 Å². The molecular weight excluding hydrogens is 486 g/mol. The number of pyridine rings is 1. The highest BCUT2D eigenvalue weighted by Crippen LogP contribution is 2.28. The van der Waals surface area contributed by atoms with Crippen LogP contribution in [0.1, 0.15) is 11.1 Å². The van der Waals surface area contributed by atoms with Crippen LogP contribution in [0.3, 0.4) is 0 Å². The molecule has 2 heterocycles. The molecule has 0 unspecified atom stereocenters. The van der Waals surface area contributed by atoms with Crippen molar-refractivity contribution in [3.8, 4) is 22.6 Å². The zero-order valence-electron chi connectivity index (χ0n) is 20.6. The molecule has 5 aromatic rings. The van der Waals surface area contributed by atoms with Gasteiger partial charge in [-0.15, -0.1) is 0 Å². The highest BCUT2D eigenvalue weighted by Gasteiger charge is 2.25. The van der Waals surface area contributed by atoms with Crippen molar-refractivity contribution in [2.75, 3.05) is 14.2 Å². The number of rotatable bonds is 9. The van der Waals surface area contributed by atoms with Gasteiger partial charge in [0, 0.05) is 24.8 Å². The molecule has 3 aromatic carbocycles. The molecule has 0 radical (unpaired) electrons. The molecule has 2 aromatic heterocycles. The van der Waals surface area contributed by atoms with E-state index in [9.17, 15) is 8.42 Å². The van der Waals surface area contributed by atoms with E-state index in [-0.39, 0.29) is 18.0 Å². The van der Waals surface area contributed by atoms with Crippen LogP contribution in [0.5, 0.6) is 11.5 Å². The van der Waals surface area contributed by atoms with Gasteiger partial charge < -0.3 is 9.47 Å². The van der Waals surface area contributed by atoms with Gasteiger partial charge in [-0.05, 0) is 65.2 Å². The maximum atomic E-state index is 13.9. The molecule has 0 aliphatic heterocycles. The standard InChI is InChI=1S/C29H27N3O4S/c1-35-25-12-6-22(7-13-25)20-31(21-23-8-14-26(36-2)15-9-23)37(33,34)27-16-10-24(11-17-27)28-19-30-32-18-4-3-5-29(28)32/h3-19H,20-21H2,1-2H3. The number of methoxy groups -OCH3 is 2. The van der Waals surface area contributed by atoms with Gasteiger partial charge in [0.25, 0.3) is 0 Å². The maximum Gasteiger partial charge on any atom is 0.243 e. The zero-order chi connectivity index (χ0) is 25.8. The summed E-state index contributed by atoms with van der Waals surface area (Å²) in [5.41, 5.74) is 4.52. The Morgan fingerprint density at radius 2 is 1.32 bits per heavy atom. The molecule has 0 bridgehead atoms. The monoisotopic (exact) mass is 513 g/mol. The molecule has 0 aliphatic carbocycles. The number of ether oxygens (including phenoxy) is 2. The molecule has 7 nitrogen and oxygen atoms in total. The van der Waals surface area contributed by atoms with Gasteiger partial charge in [-0.1, -0.05) is 42.5 Å². The topological polar surface area (TPSA) is 73.1 Å². The van der Waals surface area contributed by atoms with E-state index in [1.165, 1.54) is 4.31 Å². The minimum absolute atomic E-state index is 0.216. The second kappa shape index (κ2) is 10.5. The fourth-order valence-electron chi connectivity index (χ4n) is 4.21. The van der Waals surface area contributed by atoms with E-state index in [1.807, 2.05) is 85.1 Å². The van der Waals surface area contributed by atoms with Crippen LogP contribution in [0, 0.1) is 0 Å². The Kier molecular flexibility index (Phi) is 6.94. The van der Waals surface area contributed by atoms with Crippen LogP contribution in [0.4, 0.5) is 0 Å². The molecular formula is C29H27N3O4S. The first-order valence-corrected chi connectivity index (χ1v) is 13.2. The van der Waals surface area contributed by atoms with Crippen LogP contribution in [-0.2, 0) is 23.1 Å². The molecule has 37 heavy (non-hydrogen) atoms. The number of hydrogen-bond donors (Lipinski definition) is 0. The van der Waals surface area contributed by atoms with Gasteiger partial charge in [-0.2, -0.15) is 9.40 Å². The molecule has 5 rings (SSSR count). The van der Waals surface area contributed by atoms with Crippen LogP contribution in [0.25, 0.3) is 16.6 Å². The second-order valence-corrected chi connectivity index (χ2v) is 10.5. The largest absolute Gasteiger partial charge is 0.497 e. The van der Waals surface area contributed by atoms with Gasteiger partial charge in [-0.25, -0.2) is 12.9 Å². The SMILES string of the molecule is COc1ccc(CN(Cc2ccc(OC)cc2)S(=O)(=O)c2ccc(-c3cnn4ccccc34)cc2)cc1. The van der Waals surface area contributed by atoms with Crippen LogP contribution >= 0.6 is 0 Å². The summed E-state index contributed by atoms with van der Waals surface area (Å²) in [5, 5.41) is 4.39. The van der Waals surface area contributed by atoms with Crippen molar-refractivity contribution in [2.24, 2.45) is 0 Å². The highest BCUT2D eigenvalue weighted by molar-refractivity contribution is 7.89. The Morgan fingerprint density at radius 1 is 0.757 bits per heavy atom. The van der Waals surface area contributed by atoms with Crippen molar-refractivity contribution in [2.45, 2.75) is 18.0 Å². The summed E-state index contributed by atoms with van der Waals surface area (Å²) in [6, 6.07) is 27.7. The molecule has 0 aliphatic rings. The minimum Gasteiger partial charge on any atom is -0.497 e. The van der Waals surface area contributed by atoms with Crippen LogP contribution < -0.4 is 9.47 Å². The lowest BCUT2D eigenvalue weighted by Crippen LogP contribution is -2.30. The van der Waals surface area contributed by atoms with Gasteiger partial charge in [-0.3, -0.25) is 0 Å². The number of fused-ring (bicyclic) bond motifs is 1. The Bertz CT molecular complexity index is 1540. The van der Waals surface area contributed by atoms with Crippen molar-refractivity contribution in [1.82, 2.24) is 13.9 Å². The Balaban J connectivity index is 1.46. The molecule has 188 valence electrons. The molecule has 0 N–H and O–H groups in total. The molecule has 0 saturated carbocycles.